The van der Waals surface area contributed by atoms with Crippen molar-refractivity contribution in [1.29, 1.82) is 0 Å². The maximum atomic E-state index is 11.9. The molecule has 1 aromatic heterocycles. The minimum Gasteiger partial charge on any atom is -0.357 e. The number of aromatic nitrogens is 3. The molecule has 0 saturated carbocycles. The standard InChI is InChI=1S/C17H25N7O/c1-3-18-17(20-11-15-22-13-23-24(15)2)21-12-16(25)19-10-9-14-7-5-4-6-8-14/h4-8,13H,3,9-12H2,1-2H3,(H,19,25)(H2,18,20,21). The molecular formula is C17H25N7O. The predicted molar refractivity (Wildman–Crippen MR) is 97.0 cm³/mol. The number of carbonyl (C=O) groups is 1. The van der Waals surface area contributed by atoms with Gasteiger partial charge < -0.3 is 16.0 Å². The summed E-state index contributed by atoms with van der Waals surface area (Å²) >= 11 is 0. The summed E-state index contributed by atoms with van der Waals surface area (Å²) in [7, 11) is 1.82. The van der Waals surface area contributed by atoms with Gasteiger partial charge in [0, 0.05) is 20.1 Å². The van der Waals surface area contributed by atoms with Crippen molar-refractivity contribution in [2.24, 2.45) is 12.0 Å². The Morgan fingerprint density at radius 3 is 2.68 bits per heavy atom. The average molecular weight is 343 g/mol. The minimum atomic E-state index is -0.0693. The van der Waals surface area contributed by atoms with E-state index in [2.05, 4.69) is 31.0 Å². The minimum absolute atomic E-state index is 0.0693. The Labute approximate surface area is 147 Å². The smallest absolute Gasteiger partial charge is 0.239 e. The lowest BCUT2D eigenvalue weighted by atomic mass is 10.1. The Balaban J connectivity index is 1.73. The summed E-state index contributed by atoms with van der Waals surface area (Å²) in [6, 6.07) is 10.1. The molecule has 0 aliphatic carbocycles. The van der Waals surface area contributed by atoms with E-state index in [-0.39, 0.29) is 12.5 Å². The first kappa shape index (κ1) is 18.4. The van der Waals surface area contributed by atoms with E-state index in [0.29, 0.717) is 25.6 Å². The number of carbonyl (C=O) groups excluding carboxylic acids is 1. The van der Waals surface area contributed by atoms with Gasteiger partial charge in [0.15, 0.2) is 5.96 Å². The summed E-state index contributed by atoms with van der Waals surface area (Å²) in [6.45, 7) is 3.85. The Bertz CT molecular complexity index is 681. The lowest BCUT2D eigenvalue weighted by molar-refractivity contribution is -0.119. The number of aliphatic imine (C=N–C) groups is 1. The van der Waals surface area contributed by atoms with Gasteiger partial charge in [-0.1, -0.05) is 30.3 Å². The van der Waals surface area contributed by atoms with Crippen LogP contribution in [0, 0.1) is 0 Å². The van der Waals surface area contributed by atoms with E-state index < -0.39 is 0 Å². The van der Waals surface area contributed by atoms with Crippen LogP contribution in [0.1, 0.15) is 18.3 Å². The molecule has 134 valence electrons. The van der Waals surface area contributed by atoms with Crippen LogP contribution in [-0.2, 0) is 24.8 Å². The zero-order chi connectivity index (χ0) is 17.9. The van der Waals surface area contributed by atoms with Crippen LogP contribution in [0.25, 0.3) is 0 Å². The Kier molecular flexibility index (Phi) is 7.42. The molecule has 0 aliphatic rings. The molecule has 2 rings (SSSR count). The second-order valence-electron chi connectivity index (χ2n) is 5.43. The number of rotatable bonds is 8. The van der Waals surface area contributed by atoms with Gasteiger partial charge in [0.2, 0.25) is 5.91 Å². The fourth-order valence-electron chi connectivity index (χ4n) is 2.17. The zero-order valence-electron chi connectivity index (χ0n) is 14.7. The van der Waals surface area contributed by atoms with Crippen molar-refractivity contribution >= 4 is 11.9 Å². The molecule has 1 amide bonds. The molecule has 0 fully saturated rings. The van der Waals surface area contributed by atoms with Gasteiger partial charge in [0.1, 0.15) is 18.7 Å². The van der Waals surface area contributed by atoms with Crippen LogP contribution in [0.3, 0.4) is 0 Å². The lowest BCUT2D eigenvalue weighted by Crippen LogP contribution is -2.43. The first-order valence-corrected chi connectivity index (χ1v) is 8.34. The van der Waals surface area contributed by atoms with E-state index in [4.69, 9.17) is 0 Å². The van der Waals surface area contributed by atoms with Crippen LogP contribution in [-0.4, -0.2) is 46.3 Å². The first-order chi connectivity index (χ1) is 12.2. The van der Waals surface area contributed by atoms with Crippen LogP contribution in [0.2, 0.25) is 0 Å². The highest BCUT2D eigenvalue weighted by Gasteiger charge is 2.05. The number of guanidine groups is 1. The molecule has 0 aliphatic heterocycles. The maximum Gasteiger partial charge on any atom is 0.239 e. The maximum absolute atomic E-state index is 11.9. The predicted octanol–water partition coefficient (Wildman–Crippen LogP) is 0.229. The number of nitrogens with one attached hydrogen (secondary N) is 3. The van der Waals surface area contributed by atoms with Crippen molar-refractivity contribution in [3.8, 4) is 0 Å². The molecule has 0 saturated heterocycles. The van der Waals surface area contributed by atoms with Crippen LogP contribution in [0.4, 0.5) is 0 Å². The van der Waals surface area contributed by atoms with Gasteiger partial charge in [-0.05, 0) is 18.9 Å². The van der Waals surface area contributed by atoms with Crippen molar-refractivity contribution < 1.29 is 4.79 Å². The van der Waals surface area contributed by atoms with Crippen LogP contribution < -0.4 is 16.0 Å². The fraction of sp³-hybridized carbons (Fsp3) is 0.412. The average Bonchev–Trinajstić information content (AvgIpc) is 3.03. The number of nitrogens with zero attached hydrogens (tertiary/aromatic N) is 4. The van der Waals surface area contributed by atoms with Gasteiger partial charge in [-0.2, -0.15) is 5.10 Å². The molecule has 2 aromatic rings. The highest BCUT2D eigenvalue weighted by Crippen LogP contribution is 1.98. The number of benzene rings is 1. The van der Waals surface area contributed by atoms with E-state index in [0.717, 1.165) is 12.2 Å². The molecule has 0 spiro atoms. The van der Waals surface area contributed by atoms with E-state index in [1.54, 1.807) is 4.68 Å². The van der Waals surface area contributed by atoms with Gasteiger partial charge in [-0.15, -0.1) is 0 Å². The Morgan fingerprint density at radius 1 is 1.20 bits per heavy atom. The third kappa shape index (κ3) is 6.62. The molecule has 1 heterocycles. The summed E-state index contributed by atoms with van der Waals surface area (Å²) in [5.41, 5.74) is 1.20. The summed E-state index contributed by atoms with van der Waals surface area (Å²) in [5.74, 6) is 1.26. The van der Waals surface area contributed by atoms with Gasteiger partial charge in [-0.3, -0.25) is 9.48 Å². The highest BCUT2D eigenvalue weighted by atomic mass is 16.1. The molecule has 0 unspecified atom stereocenters. The van der Waals surface area contributed by atoms with E-state index >= 15 is 0 Å². The van der Waals surface area contributed by atoms with Crippen molar-refractivity contribution in [2.45, 2.75) is 19.9 Å². The number of amides is 1. The molecule has 0 atom stereocenters. The van der Waals surface area contributed by atoms with E-state index in [1.165, 1.54) is 11.9 Å². The third-order valence-corrected chi connectivity index (χ3v) is 3.52. The molecular weight excluding hydrogens is 318 g/mol. The topological polar surface area (TPSA) is 96.2 Å². The molecule has 8 nitrogen and oxygen atoms in total. The van der Waals surface area contributed by atoms with Crippen molar-refractivity contribution in [3.05, 3.63) is 48.0 Å². The third-order valence-electron chi connectivity index (χ3n) is 3.52. The van der Waals surface area contributed by atoms with Gasteiger partial charge in [-0.25, -0.2) is 9.98 Å². The lowest BCUT2D eigenvalue weighted by Gasteiger charge is -2.11. The quantitative estimate of drug-likeness (QED) is 0.471. The second kappa shape index (κ2) is 10.1. The molecule has 3 N–H and O–H groups in total. The molecule has 0 bridgehead atoms. The number of hydrogen-bond acceptors (Lipinski definition) is 4. The molecule has 0 radical (unpaired) electrons. The number of hydrogen-bond donors (Lipinski definition) is 3. The molecule has 25 heavy (non-hydrogen) atoms. The van der Waals surface area contributed by atoms with E-state index in [9.17, 15) is 4.79 Å². The summed E-state index contributed by atoms with van der Waals surface area (Å²) in [6.07, 6.45) is 2.30. The highest BCUT2D eigenvalue weighted by molar-refractivity contribution is 5.86. The van der Waals surface area contributed by atoms with Crippen molar-refractivity contribution in [3.63, 3.8) is 0 Å². The SMILES string of the molecule is CCNC(=NCc1ncnn1C)NCC(=O)NCCc1ccccc1. The second-order valence-corrected chi connectivity index (χ2v) is 5.43. The Hall–Kier alpha value is -2.90. The molecule has 1 aromatic carbocycles. The monoisotopic (exact) mass is 343 g/mol. The first-order valence-electron chi connectivity index (χ1n) is 8.34. The van der Waals surface area contributed by atoms with Gasteiger partial charge in [0.05, 0.1) is 6.54 Å². The largest absolute Gasteiger partial charge is 0.357 e. The normalized spacial score (nSPS) is 11.2. The summed E-state index contributed by atoms with van der Waals surface area (Å²) in [5, 5.41) is 13.0. The summed E-state index contributed by atoms with van der Waals surface area (Å²) in [4.78, 5) is 20.5. The van der Waals surface area contributed by atoms with Crippen LogP contribution in [0.5, 0.6) is 0 Å². The van der Waals surface area contributed by atoms with Crippen molar-refractivity contribution in [2.75, 3.05) is 19.6 Å². The van der Waals surface area contributed by atoms with Crippen LogP contribution >= 0.6 is 0 Å². The molecule has 8 heteroatoms. The van der Waals surface area contributed by atoms with Crippen molar-refractivity contribution in [1.82, 2.24) is 30.7 Å². The van der Waals surface area contributed by atoms with Gasteiger partial charge >= 0.3 is 0 Å². The Morgan fingerprint density at radius 2 is 2.00 bits per heavy atom. The summed E-state index contributed by atoms with van der Waals surface area (Å²) < 4.78 is 1.67. The fourth-order valence-corrected chi connectivity index (χ4v) is 2.17. The number of aryl methyl sites for hydroxylation is 1. The van der Waals surface area contributed by atoms with Crippen LogP contribution in [0.15, 0.2) is 41.7 Å². The van der Waals surface area contributed by atoms with Gasteiger partial charge in [0.25, 0.3) is 0 Å². The van der Waals surface area contributed by atoms with E-state index in [1.807, 2.05) is 44.3 Å². The zero-order valence-corrected chi connectivity index (χ0v) is 14.7.